The summed E-state index contributed by atoms with van der Waals surface area (Å²) in [5, 5.41) is 45.6. The highest BCUT2D eigenvalue weighted by atomic mass is 31.3. The van der Waals surface area contributed by atoms with Crippen LogP contribution >= 0.6 is 23.5 Å². The Balaban J connectivity index is 0.950. The molecule has 7 rings (SSSR count). The van der Waals surface area contributed by atoms with Gasteiger partial charge >= 0.3 is 29.1 Å². The molecule has 7 unspecified atom stereocenters. The summed E-state index contributed by atoms with van der Waals surface area (Å²) < 4.78 is 70.1. The fourth-order valence-electron chi connectivity index (χ4n) is 6.28. The molecule has 0 radical (unpaired) electrons. The van der Waals surface area contributed by atoms with Crippen LogP contribution < -0.4 is 26.7 Å². The summed E-state index contributed by atoms with van der Waals surface area (Å²) in [4.78, 5) is 72.4. The van der Waals surface area contributed by atoms with Crippen LogP contribution in [0.25, 0.3) is 22.3 Å². The standard InChI is InChI=1S/C28H35N10O18P3/c1-36-11-38(22-16(36)24(44)35-28(33-22)30-7-12-5-3-2-4-6-12)26-20(42)18(40)14(54-26)9-52-58(47,48)56-59(49,50)55-57(45,46)51-8-13-17(39)19(41)25(53-13)37-10-31-15-21(37)32-27(29)34-23(15)43/h2-6,10-11,13-14,17-20,25-26,39-42H,7-9H2,1H3,(H7-,29,30,32,33,34,35,43,44,45,46,47,48,49,50)/p+1/t13-,14?,17+,18?,19+,20?,25-,26?/m1/s1. The number of aromatic amines is 2. The van der Waals surface area contributed by atoms with Crippen LogP contribution in [0.4, 0.5) is 11.9 Å². The van der Waals surface area contributed by atoms with Gasteiger partial charge in [-0.2, -0.15) is 13.6 Å². The number of nitrogens with zero attached hydrogens (tertiary/aromatic N) is 6. The van der Waals surface area contributed by atoms with Gasteiger partial charge in [0.2, 0.25) is 17.7 Å². The summed E-state index contributed by atoms with van der Waals surface area (Å²) in [5.41, 5.74) is 4.86. The van der Waals surface area contributed by atoms with Gasteiger partial charge < -0.3 is 55.6 Å². The molecule has 0 spiro atoms. The van der Waals surface area contributed by atoms with Crippen LogP contribution in [0.5, 0.6) is 0 Å². The van der Waals surface area contributed by atoms with Gasteiger partial charge in [-0.1, -0.05) is 35.3 Å². The molecular formula is C28H36N10O18P3+. The lowest BCUT2D eigenvalue weighted by Crippen LogP contribution is -2.46. The van der Waals surface area contributed by atoms with Crippen molar-refractivity contribution < 1.29 is 80.5 Å². The van der Waals surface area contributed by atoms with E-state index in [1.165, 1.54) is 22.5 Å². The molecule has 6 heterocycles. The molecule has 11 atom stereocenters. The van der Waals surface area contributed by atoms with E-state index in [1.807, 2.05) is 30.3 Å². The van der Waals surface area contributed by atoms with Gasteiger partial charge in [0.25, 0.3) is 17.1 Å². The van der Waals surface area contributed by atoms with Crippen molar-refractivity contribution in [3.8, 4) is 0 Å². The highest BCUT2D eigenvalue weighted by molar-refractivity contribution is 7.66. The summed E-state index contributed by atoms with van der Waals surface area (Å²) in [6.07, 6.45) is -11.0. The number of phosphoric ester groups is 2. The lowest BCUT2D eigenvalue weighted by Gasteiger charge is -2.21. The van der Waals surface area contributed by atoms with Gasteiger partial charge in [-0.15, -0.1) is 0 Å². The molecule has 28 nitrogen and oxygen atoms in total. The molecular weight excluding hydrogens is 857 g/mol. The zero-order valence-corrected chi connectivity index (χ0v) is 32.7. The third-order valence-electron chi connectivity index (χ3n) is 8.96. The molecule has 2 aliphatic heterocycles. The molecule has 2 saturated heterocycles. The van der Waals surface area contributed by atoms with Gasteiger partial charge in [0.05, 0.1) is 26.6 Å². The summed E-state index contributed by atoms with van der Waals surface area (Å²) in [6.45, 7) is -1.89. The van der Waals surface area contributed by atoms with E-state index in [0.29, 0.717) is 0 Å². The topological polar surface area (TPSA) is 404 Å². The molecule has 320 valence electrons. The molecule has 0 amide bonds. The van der Waals surface area contributed by atoms with Crippen LogP contribution in [-0.4, -0.2) is 119 Å². The fraction of sp³-hybridized carbons (Fsp3) is 0.429. The Bertz CT molecular complexity index is 2620. The summed E-state index contributed by atoms with van der Waals surface area (Å²) in [7, 11) is -15.9. The summed E-state index contributed by atoms with van der Waals surface area (Å²) >= 11 is 0. The van der Waals surface area contributed by atoms with Gasteiger partial charge in [0.15, 0.2) is 23.7 Å². The van der Waals surface area contributed by atoms with Crippen LogP contribution in [0.15, 0.2) is 52.6 Å². The van der Waals surface area contributed by atoms with E-state index in [4.69, 9.17) is 15.2 Å². The zero-order chi connectivity index (χ0) is 42.6. The third-order valence-corrected chi connectivity index (χ3v) is 13.2. The number of hydrogen-bond acceptors (Lipinski definition) is 20. The number of aromatic nitrogens is 8. The normalized spacial score (nSPS) is 27.8. The number of H-pyrrole nitrogens is 2. The first-order valence-corrected chi connectivity index (χ1v) is 21.4. The molecule has 12 N–H and O–H groups in total. The lowest BCUT2D eigenvalue weighted by atomic mass is 10.1. The van der Waals surface area contributed by atoms with E-state index in [2.05, 4.69) is 47.9 Å². The average Bonchev–Trinajstić information content (AvgIpc) is 3.88. The number of aliphatic hydroxyl groups excluding tert-OH is 4. The maximum Gasteiger partial charge on any atom is 0.490 e. The van der Waals surface area contributed by atoms with Crippen LogP contribution in [-0.2, 0) is 54.4 Å². The van der Waals surface area contributed by atoms with Crippen molar-refractivity contribution in [2.75, 3.05) is 24.3 Å². The molecule has 0 bridgehead atoms. The quantitative estimate of drug-likeness (QED) is 0.0382. The van der Waals surface area contributed by atoms with E-state index in [0.717, 1.165) is 16.5 Å². The van der Waals surface area contributed by atoms with Crippen molar-refractivity contribution in [1.29, 1.82) is 0 Å². The van der Waals surface area contributed by atoms with Gasteiger partial charge in [0, 0.05) is 6.54 Å². The van der Waals surface area contributed by atoms with Crippen LogP contribution in [0.3, 0.4) is 0 Å². The van der Waals surface area contributed by atoms with Crippen molar-refractivity contribution in [3.63, 3.8) is 0 Å². The van der Waals surface area contributed by atoms with E-state index in [9.17, 15) is 58.4 Å². The average molecular weight is 894 g/mol. The van der Waals surface area contributed by atoms with E-state index < -0.39 is 96.9 Å². The summed E-state index contributed by atoms with van der Waals surface area (Å²) in [5.74, 6) is -0.247. The third kappa shape index (κ3) is 9.08. The maximum atomic E-state index is 13.0. The first-order valence-electron chi connectivity index (χ1n) is 17.0. The highest BCUT2D eigenvalue weighted by Crippen LogP contribution is 2.67. The molecule has 1 aromatic carbocycles. The van der Waals surface area contributed by atoms with Crippen molar-refractivity contribution in [2.24, 2.45) is 7.05 Å². The predicted octanol–water partition coefficient (Wildman–Crippen LogP) is -2.52. The van der Waals surface area contributed by atoms with E-state index in [1.54, 1.807) is 0 Å². The van der Waals surface area contributed by atoms with Crippen molar-refractivity contribution in [1.82, 2.24) is 34.1 Å². The minimum atomic E-state index is -6.02. The number of fused-ring (bicyclic) bond motifs is 2. The Kier molecular flexibility index (Phi) is 11.8. The lowest BCUT2D eigenvalue weighted by molar-refractivity contribution is -0.745. The van der Waals surface area contributed by atoms with Gasteiger partial charge in [-0.05, 0) is 5.56 Å². The Morgan fingerprint density at radius 2 is 1.49 bits per heavy atom. The SMILES string of the molecule is Cn1c[n+](C2OC(COP(=O)(O)OP(=O)(O)OP(=O)(O)OC[C@H]3O[C@@H](n4cnc5c(=O)[nH]c(N)nc54)[C@@H](O)[C@H]3O)C(O)C2O)c2nc(NCc3ccccc3)[nH]c(=O)c21. The van der Waals surface area contributed by atoms with Gasteiger partial charge in [0.1, 0.15) is 36.6 Å². The van der Waals surface area contributed by atoms with Crippen LogP contribution in [0, 0.1) is 0 Å². The van der Waals surface area contributed by atoms with Crippen LogP contribution in [0.1, 0.15) is 18.0 Å². The number of phosphoric acid groups is 3. The van der Waals surface area contributed by atoms with Crippen molar-refractivity contribution in [3.05, 3.63) is 69.3 Å². The Morgan fingerprint density at radius 1 is 0.864 bits per heavy atom. The highest BCUT2D eigenvalue weighted by Gasteiger charge is 2.50. The minimum Gasteiger partial charge on any atom is -0.387 e. The largest absolute Gasteiger partial charge is 0.490 e. The second-order valence-electron chi connectivity index (χ2n) is 13.1. The predicted molar refractivity (Wildman–Crippen MR) is 193 cm³/mol. The number of benzene rings is 1. The first-order chi connectivity index (χ1) is 27.7. The number of rotatable bonds is 15. The van der Waals surface area contributed by atoms with E-state index >= 15 is 0 Å². The second-order valence-corrected chi connectivity index (χ2v) is 17.7. The number of aryl methyl sites for hydroxylation is 1. The molecule has 5 aromatic rings. The molecule has 59 heavy (non-hydrogen) atoms. The molecule has 4 aromatic heterocycles. The molecule has 2 aliphatic rings. The Labute approximate surface area is 328 Å². The molecule has 0 aliphatic carbocycles. The summed E-state index contributed by atoms with van der Waals surface area (Å²) in [6, 6.07) is 9.18. The first kappa shape index (κ1) is 42.8. The number of hydrogen-bond donors (Lipinski definition) is 11. The molecule has 31 heteroatoms. The number of nitrogen functional groups attached to an aromatic ring is 1. The van der Waals surface area contributed by atoms with E-state index in [-0.39, 0.29) is 40.8 Å². The maximum absolute atomic E-state index is 13.0. The number of aliphatic hydroxyl groups is 4. The monoisotopic (exact) mass is 893 g/mol. The van der Waals surface area contributed by atoms with Crippen molar-refractivity contribution >= 4 is 57.7 Å². The fourth-order valence-corrected chi connectivity index (χ4v) is 9.81. The van der Waals surface area contributed by atoms with Gasteiger partial charge in [-0.3, -0.25) is 37.7 Å². The molecule has 2 fully saturated rings. The zero-order valence-electron chi connectivity index (χ0n) is 30.0. The minimum absolute atomic E-state index is 0.00680. The number of ether oxygens (including phenoxy) is 2. The number of nitrogens with one attached hydrogen (secondary N) is 3. The number of nitrogens with two attached hydrogens (primary N) is 1. The van der Waals surface area contributed by atoms with Crippen molar-refractivity contribution in [2.45, 2.75) is 55.6 Å². The number of anilines is 2. The van der Waals surface area contributed by atoms with Crippen LogP contribution in [0.2, 0.25) is 0 Å². The van der Waals surface area contributed by atoms with Gasteiger partial charge in [-0.25, -0.2) is 23.2 Å². The Morgan fingerprint density at radius 3 is 2.15 bits per heavy atom. The smallest absolute Gasteiger partial charge is 0.387 e. The second kappa shape index (κ2) is 16.3. The Hall–Kier alpha value is -4.31. The molecule has 0 saturated carbocycles. The number of imidazole rings is 2.